The molecule has 0 aromatic carbocycles. The molecular formula is C15H27NO6. The summed E-state index contributed by atoms with van der Waals surface area (Å²) in [6, 6.07) is 0. The molecular weight excluding hydrogens is 290 g/mol. The minimum atomic E-state index is -0.902. The lowest BCUT2D eigenvalue weighted by molar-refractivity contribution is -0.177. The van der Waals surface area contributed by atoms with Gasteiger partial charge in [0, 0.05) is 6.54 Å². The lowest BCUT2D eigenvalue weighted by Crippen LogP contribution is -2.47. The molecule has 2 heterocycles. The summed E-state index contributed by atoms with van der Waals surface area (Å²) in [5.41, 5.74) is 5.77. The van der Waals surface area contributed by atoms with Crippen LogP contribution in [-0.2, 0) is 28.5 Å². The highest BCUT2D eigenvalue weighted by Gasteiger charge is 2.56. The van der Waals surface area contributed by atoms with E-state index in [2.05, 4.69) is 0 Å². The molecule has 0 spiro atoms. The van der Waals surface area contributed by atoms with E-state index in [1.807, 2.05) is 0 Å². The fourth-order valence-corrected chi connectivity index (χ4v) is 2.83. The van der Waals surface area contributed by atoms with Gasteiger partial charge >= 0.3 is 5.97 Å². The Morgan fingerprint density at radius 1 is 1.05 bits per heavy atom. The molecule has 2 rings (SSSR count). The van der Waals surface area contributed by atoms with E-state index in [9.17, 15) is 4.79 Å². The third-order valence-electron chi connectivity index (χ3n) is 3.49. The van der Waals surface area contributed by atoms with Crippen LogP contribution in [0, 0.1) is 0 Å². The zero-order valence-corrected chi connectivity index (χ0v) is 14.1. The lowest BCUT2D eigenvalue weighted by atomic mass is 10.0. The van der Waals surface area contributed by atoms with Gasteiger partial charge in [0.1, 0.15) is 18.3 Å². The average molecular weight is 317 g/mol. The summed E-state index contributed by atoms with van der Waals surface area (Å²) in [7, 11) is 0. The summed E-state index contributed by atoms with van der Waals surface area (Å²) >= 11 is 0. The summed E-state index contributed by atoms with van der Waals surface area (Å²) in [6.45, 7) is 10.9. The fraction of sp³-hybridized carbons (Fsp3) is 0.933. The van der Waals surface area contributed by atoms with Gasteiger partial charge in [-0.15, -0.1) is 0 Å². The summed E-state index contributed by atoms with van der Waals surface area (Å²) < 4.78 is 28.5. The molecule has 0 aromatic rings. The van der Waals surface area contributed by atoms with E-state index in [4.69, 9.17) is 29.4 Å². The highest BCUT2D eigenvalue weighted by atomic mass is 16.8. The molecule has 22 heavy (non-hydrogen) atoms. The van der Waals surface area contributed by atoms with Gasteiger partial charge in [-0.3, -0.25) is 0 Å². The SMILES string of the molecule is CC(C)OC(=O)[C@@H]1OC(C)(C)O[C@@H]1[C@@H]1OC(C)(C)O[C@@H]1CN. The van der Waals surface area contributed by atoms with E-state index in [1.165, 1.54) is 0 Å². The van der Waals surface area contributed by atoms with Crippen molar-refractivity contribution >= 4 is 5.97 Å². The van der Waals surface area contributed by atoms with Gasteiger partial charge in [-0.05, 0) is 41.5 Å². The maximum Gasteiger partial charge on any atom is 0.338 e. The molecule has 0 radical (unpaired) electrons. The molecule has 7 heteroatoms. The Hall–Kier alpha value is -0.730. The molecule has 128 valence electrons. The van der Waals surface area contributed by atoms with Gasteiger partial charge in [0.05, 0.1) is 6.10 Å². The Kier molecular flexibility index (Phi) is 4.85. The first-order valence-corrected chi connectivity index (χ1v) is 7.66. The monoisotopic (exact) mass is 317 g/mol. The first-order valence-electron chi connectivity index (χ1n) is 7.66. The largest absolute Gasteiger partial charge is 0.461 e. The van der Waals surface area contributed by atoms with Gasteiger partial charge < -0.3 is 29.4 Å². The Balaban J connectivity index is 2.20. The van der Waals surface area contributed by atoms with Crippen LogP contribution in [0.3, 0.4) is 0 Å². The number of rotatable bonds is 4. The average Bonchev–Trinajstić information content (AvgIpc) is 2.84. The normalized spacial score (nSPS) is 36.7. The first kappa shape index (κ1) is 17.6. The number of carbonyl (C=O) groups is 1. The van der Waals surface area contributed by atoms with E-state index in [-0.39, 0.29) is 18.8 Å². The Labute approximate surface area is 131 Å². The number of nitrogens with two attached hydrogens (primary N) is 1. The zero-order valence-electron chi connectivity index (χ0n) is 14.1. The molecule has 2 aliphatic rings. The second-order valence-electron chi connectivity index (χ2n) is 6.88. The van der Waals surface area contributed by atoms with Gasteiger partial charge in [0.25, 0.3) is 0 Å². The third kappa shape index (κ3) is 3.78. The van der Waals surface area contributed by atoms with Crippen molar-refractivity contribution < 1.29 is 28.5 Å². The summed E-state index contributed by atoms with van der Waals surface area (Å²) in [5.74, 6) is -2.15. The van der Waals surface area contributed by atoms with Gasteiger partial charge in [0.15, 0.2) is 17.7 Å². The van der Waals surface area contributed by atoms with Gasteiger partial charge in [-0.25, -0.2) is 4.79 Å². The quantitative estimate of drug-likeness (QED) is 0.772. The molecule has 2 aliphatic heterocycles. The van der Waals surface area contributed by atoms with Crippen molar-refractivity contribution in [1.82, 2.24) is 0 Å². The summed E-state index contributed by atoms with van der Waals surface area (Å²) in [4.78, 5) is 12.3. The molecule has 0 unspecified atom stereocenters. The van der Waals surface area contributed by atoms with Crippen LogP contribution < -0.4 is 5.73 Å². The van der Waals surface area contributed by atoms with Gasteiger partial charge in [-0.2, -0.15) is 0 Å². The predicted molar refractivity (Wildman–Crippen MR) is 77.9 cm³/mol. The van der Waals surface area contributed by atoms with Crippen molar-refractivity contribution in [1.29, 1.82) is 0 Å². The van der Waals surface area contributed by atoms with Crippen LogP contribution in [0.5, 0.6) is 0 Å². The van der Waals surface area contributed by atoms with Crippen molar-refractivity contribution in [3.05, 3.63) is 0 Å². The molecule has 0 aliphatic carbocycles. The molecule has 0 bridgehead atoms. The molecule has 4 atom stereocenters. The van der Waals surface area contributed by atoms with E-state index in [0.29, 0.717) is 0 Å². The van der Waals surface area contributed by atoms with Crippen molar-refractivity contribution in [3.63, 3.8) is 0 Å². The van der Waals surface area contributed by atoms with Gasteiger partial charge in [-0.1, -0.05) is 0 Å². The maximum atomic E-state index is 12.3. The standard InChI is InChI=1S/C15H27NO6/c1-8(2)18-13(17)12-11(21-15(5,6)22-12)10-9(7-16)19-14(3,4)20-10/h8-12H,7,16H2,1-6H3/t9-,10-,11-,12-/m1/s1. The Morgan fingerprint density at radius 2 is 1.59 bits per heavy atom. The van der Waals surface area contributed by atoms with Crippen molar-refractivity contribution in [2.45, 2.75) is 83.6 Å². The number of hydrogen-bond acceptors (Lipinski definition) is 7. The minimum Gasteiger partial charge on any atom is -0.461 e. The van der Waals surface area contributed by atoms with E-state index < -0.39 is 35.9 Å². The molecule has 0 aromatic heterocycles. The van der Waals surface area contributed by atoms with Crippen LogP contribution in [0.1, 0.15) is 41.5 Å². The Bertz CT molecular complexity index is 422. The minimum absolute atomic E-state index is 0.233. The van der Waals surface area contributed by atoms with E-state index in [1.54, 1.807) is 41.5 Å². The third-order valence-corrected chi connectivity index (χ3v) is 3.49. The lowest BCUT2D eigenvalue weighted by Gasteiger charge is -2.25. The second kappa shape index (κ2) is 6.05. The van der Waals surface area contributed by atoms with Crippen LogP contribution in [0.25, 0.3) is 0 Å². The van der Waals surface area contributed by atoms with Crippen molar-refractivity contribution in [3.8, 4) is 0 Å². The topological polar surface area (TPSA) is 89.2 Å². The van der Waals surface area contributed by atoms with Crippen LogP contribution in [0.2, 0.25) is 0 Å². The maximum absolute atomic E-state index is 12.3. The van der Waals surface area contributed by atoms with E-state index >= 15 is 0 Å². The van der Waals surface area contributed by atoms with Crippen LogP contribution in [0.4, 0.5) is 0 Å². The van der Waals surface area contributed by atoms with Crippen molar-refractivity contribution in [2.75, 3.05) is 6.54 Å². The zero-order chi connectivity index (χ0) is 16.7. The number of esters is 1. The van der Waals surface area contributed by atoms with E-state index in [0.717, 1.165) is 0 Å². The van der Waals surface area contributed by atoms with Crippen molar-refractivity contribution in [2.24, 2.45) is 5.73 Å². The Morgan fingerprint density at radius 3 is 2.14 bits per heavy atom. The number of carbonyl (C=O) groups excluding carboxylic acids is 1. The summed E-state index contributed by atoms with van der Waals surface area (Å²) in [6.07, 6.45) is -2.59. The summed E-state index contributed by atoms with van der Waals surface area (Å²) in [5, 5.41) is 0. The molecule has 0 amide bonds. The highest BCUT2D eigenvalue weighted by Crippen LogP contribution is 2.38. The molecule has 2 fully saturated rings. The molecule has 0 saturated carbocycles. The molecule has 2 N–H and O–H groups in total. The first-order chi connectivity index (χ1) is 10.0. The molecule has 2 saturated heterocycles. The second-order valence-corrected chi connectivity index (χ2v) is 6.88. The fourth-order valence-electron chi connectivity index (χ4n) is 2.83. The highest BCUT2D eigenvalue weighted by molar-refractivity contribution is 5.76. The number of hydrogen-bond donors (Lipinski definition) is 1. The number of ether oxygens (including phenoxy) is 5. The predicted octanol–water partition coefficient (Wildman–Crippen LogP) is 0.937. The van der Waals surface area contributed by atoms with Crippen LogP contribution in [-0.4, -0.2) is 54.6 Å². The van der Waals surface area contributed by atoms with Crippen LogP contribution in [0.15, 0.2) is 0 Å². The smallest absolute Gasteiger partial charge is 0.338 e. The van der Waals surface area contributed by atoms with Crippen LogP contribution >= 0.6 is 0 Å². The van der Waals surface area contributed by atoms with Gasteiger partial charge in [0.2, 0.25) is 0 Å². The molecule has 7 nitrogen and oxygen atoms in total.